The Morgan fingerprint density at radius 1 is 1.25 bits per heavy atom. The predicted octanol–water partition coefficient (Wildman–Crippen LogP) is 4.41. The second-order valence-electron chi connectivity index (χ2n) is 6.60. The Kier molecular flexibility index (Phi) is 5.00. The Bertz CT molecular complexity index is 738. The van der Waals surface area contributed by atoms with Gasteiger partial charge in [0.15, 0.2) is 5.78 Å². The fourth-order valence-electron chi connectivity index (χ4n) is 3.69. The number of aryl methyl sites for hydroxylation is 1. The lowest BCUT2D eigenvalue weighted by Gasteiger charge is -2.33. The summed E-state index contributed by atoms with van der Waals surface area (Å²) in [5.41, 5.74) is 4.71. The number of benzene rings is 2. The van der Waals surface area contributed by atoms with E-state index in [1.165, 1.54) is 30.4 Å². The Morgan fingerprint density at radius 3 is 2.79 bits per heavy atom. The zero-order chi connectivity index (χ0) is 17.1. The van der Waals surface area contributed by atoms with Crippen LogP contribution >= 0.6 is 0 Å². The van der Waals surface area contributed by atoms with Gasteiger partial charge >= 0.3 is 0 Å². The molecule has 1 aliphatic carbocycles. The summed E-state index contributed by atoms with van der Waals surface area (Å²) in [5, 5.41) is 0. The van der Waals surface area contributed by atoms with Crippen molar-refractivity contribution >= 4 is 5.78 Å². The summed E-state index contributed by atoms with van der Waals surface area (Å²) in [6.45, 7) is 2.37. The quantitative estimate of drug-likeness (QED) is 0.764. The molecule has 126 valence electrons. The van der Waals surface area contributed by atoms with Crippen LogP contribution in [-0.4, -0.2) is 24.8 Å². The summed E-state index contributed by atoms with van der Waals surface area (Å²) in [6, 6.07) is 14.9. The number of hydrogen-bond acceptors (Lipinski definition) is 3. The highest BCUT2D eigenvalue weighted by Gasteiger charge is 2.24. The molecule has 0 amide bonds. The van der Waals surface area contributed by atoms with Crippen LogP contribution in [0, 0.1) is 0 Å². The monoisotopic (exact) mass is 323 g/mol. The third-order valence-corrected chi connectivity index (χ3v) is 4.98. The van der Waals surface area contributed by atoms with E-state index in [2.05, 4.69) is 36.2 Å². The van der Waals surface area contributed by atoms with Gasteiger partial charge in [-0.25, -0.2) is 0 Å². The smallest absolute Gasteiger partial charge is 0.159 e. The van der Waals surface area contributed by atoms with E-state index in [9.17, 15) is 4.79 Å². The van der Waals surface area contributed by atoms with Crippen molar-refractivity contribution < 1.29 is 9.53 Å². The Labute approximate surface area is 144 Å². The third kappa shape index (κ3) is 3.36. The first kappa shape index (κ1) is 16.7. The van der Waals surface area contributed by atoms with Gasteiger partial charge in [0.1, 0.15) is 5.75 Å². The third-order valence-electron chi connectivity index (χ3n) is 4.98. The Balaban J connectivity index is 1.86. The second kappa shape index (κ2) is 7.18. The van der Waals surface area contributed by atoms with Crippen molar-refractivity contribution in [3.63, 3.8) is 0 Å². The highest BCUT2D eigenvalue weighted by molar-refractivity contribution is 5.94. The summed E-state index contributed by atoms with van der Waals surface area (Å²) in [7, 11) is 3.84. The Morgan fingerprint density at radius 2 is 2.04 bits per heavy atom. The van der Waals surface area contributed by atoms with Gasteiger partial charge in [0.2, 0.25) is 0 Å². The molecule has 24 heavy (non-hydrogen) atoms. The number of ether oxygens (including phenoxy) is 1. The molecule has 0 heterocycles. The van der Waals surface area contributed by atoms with E-state index in [0.717, 1.165) is 23.4 Å². The van der Waals surface area contributed by atoms with E-state index < -0.39 is 0 Å². The van der Waals surface area contributed by atoms with Crippen molar-refractivity contribution in [2.45, 2.75) is 38.8 Å². The first-order valence-corrected chi connectivity index (χ1v) is 8.56. The van der Waals surface area contributed by atoms with E-state index in [0.29, 0.717) is 6.04 Å². The van der Waals surface area contributed by atoms with Crippen LogP contribution in [0.5, 0.6) is 5.75 Å². The maximum absolute atomic E-state index is 11.7. The summed E-state index contributed by atoms with van der Waals surface area (Å²) in [6.07, 6.45) is 3.56. The molecule has 3 rings (SSSR count). The van der Waals surface area contributed by atoms with E-state index in [4.69, 9.17) is 4.74 Å². The molecule has 2 aromatic carbocycles. The van der Waals surface area contributed by atoms with Crippen LogP contribution in [0.4, 0.5) is 0 Å². The van der Waals surface area contributed by atoms with E-state index >= 15 is 0 Å². The summed E-state index contributed by atoms with van der Waals surface area (Å²) in [4.78, 5) is 14.1. The molecule has 1 aliphatic rings. The molecule has 0 aromatic heterocycles. The van der Waals surface area contributed by atoms with Crippen LogP contribution in [0.2, 0.25) is 0 Å². The molecular formula is C21H25NO2. The summed E-state index contributed by atoms with van der Waals surface area (Å²) < 4.78 is 5.50. The molecule has 0 saturated heterocycles. The number of carbonyl (C=O) groups excluding carboxylic acids is 1. The lowest BCUT2D eigenvalue weighted by atomic mass is 9.87. The van der Waals surface area contributed by atoms with Crippen LogP contribution in [0.15, 0.2) is 42.5 Å². The van der Waals surface area contributed by atoms with Crippen molar-refractivity contribution in [1.29, 1.82) is 0 Å². The van der Waals surface area contributed by atoms with Crippen LogP contribution in [0.3, 0.4) is 0 Å². The lowest BCUT2D eigenvalue weighted by Crippen LogP contribution is -2.27. The number of hydrogen-bond donors (Lipinski definition) is 0. The number of carbonyl (C=O) groups is 1. The number of Topliss-reactive ketones (excluding diaryl/α,β-unsaturated/α-hetero) is 1. The number of nitrogens with zero attached hydrogens (tertiary/aromatic N) is 1. The zero-order valence-corrected chi connectivity index (χ0v) is 14.7. The van der Waals surface area contributed by atoms with Gasteiger partial charge in [0.05, 0.1) is 7.11 Å². The highest BCUT2D eigenvalue weighted by Crippen LogP contribution is 2.35. The summed E-state index contributed by atoms with van der Waals surface area (Å²) >= 11 is 0. The van der Waals surface area contributed by atoms with Crippen molar-refractivity contribution in [1.82, 2.24) is 4.90 Å². The fourth-order valence-corrected chi connectivity index (χ4v) is 3.69. The van der Waals surface area contributed by atoms with Gasteiger partial charge in [-0.15, -0.1) is 0 Å². The maximum Gasteiger partial charge on any atom is 0.159 e. The number of rotatable bonds is 5. The van der Waals surface area contributed by atoms with E-state index in [-0.39, 0.29) is 5.78 Å². The average molecular weight is 323 g/mol. The molecule has 0 fully saturated rings. The molecule has 0 radical (unpaired) electrons. The second-order valence-corrected chi connectivity index (χ2v) is 6.60. The Hall–Kier alpha value is -2.13. The first-order chi connectivity index (χ1) is 11.6. The van der Waals surface area contributed by atoms with Crippen LogP contribution in [-0.2, 0) is 13.0 Å². The van der Waals surface area contributed by atoms with Crippen LogP contribution < -0.4 is 4.74 Å². The van der Waals surface area contributed by atoms with E-state index in [1.54, 1.807) is 14.0 Å². The van der Waals surface area contributed by atoms with Crippen molar-refractivity contribution in [2.24, 2.45) is 0 Å². The van der Waals surface area contributed by atoms with Gasteiger partial charge in [-0.05, 0) is 62.6 Å². The minimum atomic E-state index is 0.0876. The number of ketones is 1. The highest BCUT2D eigenvalue weighted by atomic mass is 16.5. The average Bonchev–Trinajstić information content (AvgIpc) is 2.61. The molecule has 3 heteroatoms. The molecule has 0 unspecified atom stereocenters. The predicted molar refractivity (Wildman–Crippen MR) is 96.6 cm³/mol. The number of fused-ring (bicyclic) bond motifs is 1. The molecule has 3 nitrogen and oxygen atoms in total. The molecule has 1 atom stereocenters. The van der Waals surface area contributed by atoms with Gasteiger partial charge in [-0.1, -0.05) is 24.3 Å². The summed E-state index contributed by atoms with van der Waals surface area (Å²) in [5.74, 6) is 0.931. The van der Waals surface area contributed by atoms with Crippen LogP contribution in [0.1, 0.15) is 52.9 Å². The standard InChI is InChI=1S/C21H25NO2/c1-15(23)17-11-12-21(24-3)18(13-17)14-22(2)20-10-6-8-16-7-4-5-9-19(16)20/h4-5,7,9,11-13,20H,6,8,10,14H2,1-3H3/t20-/m0/s1. The maximum atomic E-state index is 11.7. The minimum Gasteiger partial charge on any atom is -0.496 e. The number of methoxy groups -OCH3 is 1. The molecule has 0 bridgehead atoms. The largest absolute Gasteiger partial charge is 0.496 e. The topological polar surface area (TPSA) is 29.5 Å². The van der Waals surface area contributed by atoms with Crippen molar-refractivity contribution in [2.75, 3.05) is 14.2 Å². The molecule has 0 saturated carbocycles. The molecule has 0 aliphatic heterocycles. The van der Waals surface area contributed by atoms with Gasteiger partial charge in [-0.2, -0.15) is 0 Å². The molecular weight excluding hydrogens is 298 g/mol. The SMILES string of the molecule is COc1ccc(C(C)=O)cc1CN(C)[C@H]1CCCc2ccccc21. The molecule has 0 spiro atoms. The van der Waals surface area contributed by atoms with Crippen molar-refractivity contribution in [3.8, 4) is 5.75 Å². The molecule has 0 N–H and O–H groups in total. The zero-order valence-electron chi connectivity index (χ0n) is 14.7. The van der Waals surface area contributed by atoms with E-state index in [1.807, 2.05) is 18.2 Å². The lowest BCUT2D eigenvalue weighted by molar-refractivity contribution is 0.101. The van der Waals surface area contributed by atoms with Crippen LogP contribution in [0.25, 0.3) is 0 Å². The van der Waals surface area contributed by atoms with Gasteiger partial charge in [0.25, 0.3) is 0 Å². The van der Waals surface area contributed by atoms with Gasteiger partial charge < -0.3 is 4.74 Å². The fraction of sp³-hybridized carbons (Fsp3) is 0.381. The first-order valence-electron chi connectivity index (χ1n) is 8.56. The van der Waals surface area contributed by atoms with Crippen molar-refractivity contribution in [3.05, 3.63) is 64.7 Å². The normalized spacial score (nSPS) is 16.8. The molecule has 2 aromatic rings. The van der Waals surface area contributed by atoms with Gasteiger partial charge in [0, 0.05) is 23.7 Å². The minimum absolute atomic E-state index is 0.0876. The van der Waals surface area contributed by atoms with Gasteiger partial charge in [-0.3, -0.25) is 9.69 Å².